The minimum Gasteiger partial charge on any atom is -0.354 e. The molecular formula is C22H16BrClN4O2S2. The quantitative estimate of drug-likeness (QED) is 0.279. The fourth-order valence-electron chi connectivity index (χ4n) is 3.04. The number of hydrogen-bond acceptors (Lipinski definition) is 6. The summed E-state index contributed by atoms with van der Waals surface area (Å²) in [4.78, 5) is 34.6. The van der Waals surface area contributed by atoms with Gasteiger partial charge in [0.15, 0.2) is 10.2 Å². The van der Waals surface area contributed by atoms with E-state index in [9.17, 15) is 9.59 Å². The number of nitrogens with one attached hydrogen (secondary N) is 1. The molecule has 2 amide bonds. The van der Waals surface area contributed by atoms with E-state index in [1.807, 2.05) is 43.3 Å². The Morgan fingerprint density at radius 3 is 2.41 bits per heavy atom. The first-order valence-corrected chi connectivity index (χ1v) is 11.8. The lowest BCUT2D eigenvalue weighted by Gasteiger charge is -2.28. The van der Waals surface area contributed by atoms with E-state index in [0.29, 0.717) is 21.3 Å². The van der Waals surface area contributed by atoms with Crippen LogP contribution in [0.1, 0.15) is 4.88 Å². The zero-order valence-electron chi connectivity index (χ0n) is 16.9. The van der Waals surface area contributed by atoms with E-state index >= 15 is 0 Å². The topological polar surface area (TPSA) is 65.5 Å². The average molecular weight is 548 g/mol. The molecule has 10 heteroatoms. The van der Waals surface area contributed by atoms with Crippen molar-refractivity contribution >= 4 is 84.9 Å². The van der Waals surface area contributed by atoms with Crippen molar-refractivity contribution in [3.8, 4) is 11.3 Å². The van der Waals surface area contributed by atoms with Crippen molar-refractivity contribution in [2.45, 2.75) is 0 Å². The summed E-state index contributed by atoms with van der Waals surface area (Å²) >= 11 is 16.1. The summed E-state index contributed by atoms with van der Waals surface area (Å²) in [7, 11) is 3.78. The zero-order chi connectivity index (χ0) is 23.0. The lowest BCUT2D eigenvalue weighted by Crippen LogP contribution is -2.54. The van der Waals surface area contributed by atoms with Gasteiger partial charge in [-0.1, -0.05) is 51.0 Å². The van der Waals surface area contributed by atoms with Crippen molar-refractivity contribution in [1.29, 1.82) is 0 Å². The van der Waals surface area contributed by atoms with Crippen LogP contribution in [0.4, 0.5) is 10.8 Å². The number of hydrogen-bond donors (Lipinski definition) is 1. The van der Waals surface area contributed by atoms with Crippen molar-refractivity contribution in [2.75, 3.05) is 23.9 Å². The van der Waals surface area contributed by atoms with Crippen molar-refractivity contribution in [1.82, 2.24) is 10.3 Å². The van der Waals surface area contributed by atoms with Gasteiger partial charge in [-0.2, -0.15) is 0 Å². The maximum absolute atomic E-state index is 13.3. The highest BCUT2D eigenvalue weighted by atomic mass is 79.9. The molecule has 1 saturated heterocycles. The first kappa shape index (κ1) is 22.6. The maximum Gasteiger partial charge on any atom is 0.270 e. The van der Waals surface area contributed by atoms with Crippen LogP contribution in [0.2, 0.25) is 5.02 Å². The molecule has 0 bridgehead atoms. The Bertz CT molecular complexity index is 1250. The summed E-state index contributed by atoms with van der Waals surface area (Å²) in [5, 5.41) is 3.91. The van der Waals surface area contributed by atoms with Crippen LogP contribution in [0, 0.1) is 0 Å². The van der Waals surface area contributed by atoms with Crippen LogP contribution in [0.15, 0.2) is 58.6 Å². The zero-order valence-corrected chi connectivity index (χ0v) is 20.9. The Kier molecular flexibility index (Phi) is 6.43. The van der Waals surface area contributed by atoms with Gasteiger partial charge in [0.05, 0.1) is 16.3 Å². The minimum atomic E-state index is -0.549. The summed E-state index contributed by atoms with van der Waals surface area (Å²) in [5.74, 6) is -1.06. The van der Waals surface area contributed by atoms with Gasteiger partial charge in [0.25, 0.3) is 11.8 Å². The van der Waals surface area contributed by atoms with E-state index in [2.05, 4.69) is 21.2 Å². The molecule has 2 heterocycles. The predicted molar refractivity (Wildman–Crippen MR) is 137 cm³/mol. The van der Waals surface area contributed by atoms with Gasteiger partial charge in [0, 0.05) is 29.2 Å². The highest BCUT2D eigenvalue weighted by molar-refractivity contribution is 9.10. The molecule has 1 fully saturated rings. The van der Waals surface area contributed by atoms with Crippen LogP contribution in [-0.4, -0.2) is 36.0 Å². The number of halogens is 2. The Morgan fingerprint density at radius 1 is 1.12 bits per heavy atom. The number of carbonyl (C=O) groups excluding carboxylic acids is 2. The first-order chi connectivity index (χ1) is 15.2. The van der Waals surface area contributed by atoms with Gasteiger partial charge in [0.1, 0.15) is 5.57 Å². The van der Waals surface area contributed by atoms with Crippen LogP contribution >= 0.6 is 51.1 Å². The number of rotatable bonds is 4. The molecule has 0 spiro atoms. The monoisotopic (exact) mass is 546 g/mol. The van der Waals surface area contributed by atoms with Gasteiger partial charge in [0.2, 0.25) is 0 Å². The number of anilines is 2. The van der Waals surface area contributed by atoms with E-state index in [1.165, 1.54) is 16.2 Å². The van der Waals surface area contributed by atoms with Crippen LogP contribution in [0.25, 0.3) is 17.3 Å². The van der Waals surface area contributed by atoms with Crippen molar-refractivity contribution in [2.24, 2.45) is 0 Å². The summed E-state index contributed by atoms with van der Waals surface area (Å²) in [5.41, 5.74) is 2.05. The lowest BCUT2D eigenvalue weighted by atomic mass is 10.1. The predicted octanol–water partition coefficient (Wildman–Crippen LogP) is 5.12. The Morgan fingerprint density at radius 2 is 1.78 bits per heavy atom. The summed E-state index contributed by atoms with van der Waals surface area (Å²) < 4.78 is 0.943. The molecule has 0 atom stereocenters. The summed E-state index contributed by atoms with van der Waals surface area (Å²) in [6.07, 6.45) is 1.57. The highest BCUT2D eigenvalue weighted by Gasteiger charge is 2.35. The lowest BCUT2D eigenvalue weighted by molar-refractivity contribution is -0.122. The summed E-state index contributed by atoms with van der Waals surface area (Å²) in [6.45, 7) is 0. The molecular weight excluding hydrogens is 532 g/mol. The van der Waals surface area contributed by atoms with E-state index in [0.717, 1.165) is 15.2 Å². The first-order valence-electron chi connectivity index (χ1n) is 9.35. The second-order valence-electron chi connectivity index (χ2n) is 7.04. The maximum atomic E-state index is 13.3. The number of nitrogens with zero attached hydrogens (tertiary/aromatic N) is 3. The van der Waals surface area contributed by atoms with Gasteiger partial charge in [-0.3, -0.25) is 19.8 Å². The smallest absolute Gasteiger partial charge is 0.270 e. The van der Waals surface area contributed by atoms with Crippen LogP contribution in [0.3, 0.4) is 0 Å². The van der Waals surface area contributed by atoms with Crippen LogP contribution in [-0.2, 0) is 9.59 Å². The number of amides is 2. The fourth-order valence-corrected chi connectivity index (χ4v) is 4.66. The molecule has 6 nitrogen and oxygen atoms in total. The summed E-state index contributed by atoms with van der Waals surface area (Å²) in [6, 6.07) is 14.4. The second kappa shape index (κ2) is 9.11. The molecule has 32 heavy (non-hydrogen) atoms. The number of aromatic nitrogens is 1. The van der Waals surface area contributed by atoms with Crippen molar-refractivity contribution in [3.63, 3.8) is 0 Å². The minimum absolute atomic E-state index is 0.0193. The third-order valence-electron chi connectivity index (χ3n) is 4.60. The number of benzene rings is 2. The van der Waals surface area contributed by atoms with Crippen molar-refractivity contribution in [3.05, 3.63) is 68.5 Å². The Balaban J connectivity index is 1.80. The molecule has 4 rings (SSSR count). The third-order valence-corrected chi connectivity index (χ3v) is 6.84. The van der Waals surface area contributed by atoms with Crippen molar-refractivity contribution < 1.29 is 9.59 Å². The largest absolute Gasteiger partial charge is 0.354 e. The molecule has 1 N–H and O–H groups in total. The Labute approximate surface area is 207 Å². The van der Waals surface area contributed by atoms with Gasteiger partial charge in [-0.15, -0.1) is 0 Å². The molecule has 0 aliphatic carbocycles. The molecule has 0 radical (unpaired) electrons. The molecule has 1 aliphatic heterocycles. The molecule has 162 valence electrons. The SMILES string of the molecule is CN(C)c1nc(-c2ccc(Br)cc2)c(C=C2C(=O)NC(=S)N(c3ccc(Cl)cc3)C2=O)s1. The molecule has 0 unspecified atom stereocenters. The van der Waals surface area contributed by atoms with Crippen LogP contribution in [0.5, 0.6) is 0 Å². The van der Waals surface area contributed by atoms with E-state index in [4.69, 9.17) is 28.8 Å². The normalized spacial score (nSPS) is 15.3. The van der Waals surface area contributed by atoms with Gasteiger partial charge < -0.3 is 4.90 Å². The van der Waals surface area contributed by atoms with Gasteiger partial charge in [-0.05, 0) is 54.7 Å². The second-order valence-corrected chi connectivity index (χ2v) is 9.79. The average Bonchev–Trinajstić information content (AvgIpc) is 3.17. The number of carbonyl (C=O) groups is 2. The Hall–Kier alpha value is -2.59. The molecule has 2 aromatic carbocycles. The molecule has 0 saturated carbocycles. The van der Waals surface area contributed by atoms with E-state index in [1.54, 1.807) is 30.3 Å². The van der Waals surface area contributed by atoms with E-state index < -0.39 is 11.8 Å². The van der Waals surface area contributed by atoms with Gasteiger partial charge in [-0.25, -0.2) is 4.98 Å². The molecule has 3 aromatic rings. The van der Waals surface area contributed by atoms with Crippen LogP contribution < -0.4 is 15.1 Å². The number of thiazole rings is 1. The molecule has 1 aliphatic rings. The standard InChI is InChI=1S/C22H16BrClN4O2S2/c1-27(2)22-25-18(12-3-5-13(23)6-4-12)17(32-22)11-16-19(29)26-21(31)28(20(16)30)15-9-7-14(24)8-10-15/h3-11H,1-2H3,(H,26,29,31). The highest BCUT2D eigenvalue weighted by Crippen LogP contribution is 2.35. The fraction of sp³-hybridized carbons (Fsp3) is 0.0909. The van der Waals surface area contributed by atoms with E-state index in [-0.39, 0.29) is 10.7 Å². The number of thiocarbonyl (C=S) groups is 1. The van der Waals surface area contributed by atoms with Gasteiger partial charge >= 0.3 is 0 Å². The molecule has 1 aromatic heterocycles. The third kappa shape index (κ3) is 4.47.